The number of hydrogen-bond donors (Lipinski definition) is 3. The zero-order chi connectivity index (χ0) is 23.2. The van der Waals surface area contributed by atoms with Gasteiger partial charge in [-0.05, 0) is 56.6 Å². The number of rotatable bonds is 6. The number of para-hydroxylation sites is 2. The van der Waals surface area contributed by atoms with E-state index in [1.54, 1.807) is 31.6 Å². The molecule has 1 aliphatic heterocycles. The number of hydrogen-bond acceptors (Lipinski definition) is 8. The van der Waals surface area contributed by atoms with Crippen LogP contribution in [0.4, 0.5) is 11.4 Å². The summed E-state index contributed by atoms with van der Waals surface area (Å²) < 4.78 is 5.46. The topological polar surface area (TPSA) is 103 Å². The van der Waals surface area contributed by atoms with E-state index >= 15 is 0 Å². The Hall–Kier alpha value is -3.72. The Bertz CT molecular complexity index is 932. The fraction of sp³-hybridized carbons (Fsp3) is 0.304. The van der Waals surface area contributed by atoms with Gasteiger partial charge in [0.05, 0.1) is 36.7 Å². The fourth-order valence-corrected chi connectivity index (χ4v) is 2.71. The summed E-state index contributed by atoms with van der Waals surface area (Å²) in [5.41, 5.74) is 5.77. The molecule has 170 valence electrons. The molecule has 1 aromatic rings. The van der Waals surface area contributed by atoms with Gasteiger partial charge in [0.2, 0.25) is 0 Å². The third kappa shape index (κ3) is 8.19. The number of anilines is 1. The van der Waals surface area contributed by atoms with Gasteiger partial charge in [0.1, 0.15) is 0 Å². The Morgan fingerprint density at radius 2 is 2.16 bits per heavy atom. The average molecular weight is 438 g/mol. The number of hydrazine groups is 1. The molecule has 3 N–H and O–H groups in total. The summed E-state index contributed by atoms with van der Waals surface area (Å²) in [6.07, 6.45) is 8.71. The highest BCUT2D eigenvalue weighted by molar-refractivity contribution is 6.19. The van der Waals surface area contributed by atoms with E-state index in [0.29, 0.717) is 43.4 Å². The molecule has 9 heteroatoms. The first-order valence-corrected chi connectivity index (χ1v) is 10.3. The predicted molar refractivity (Wildman–Crippen MR) is 131 cm³/mol. The zero-order valence-corrected chi connectivity index (χ0v) is 18.8. The maximum Gasteiger partial charge on any atom is 0.258 e. The summed E-state index contributed by atoms with van der Waals surface area (Å²) in [7, 11) is 1.73. The summed E-state index contributed by atoms with van der Waals surface area (Å²) in [5, 5.41) is 11.9. The van der Waals surface area contributed by atoms with Crippen molar-refractivity contribution in [2.75, 3.05) is 38.8 Å². The Kier molecular flexibility index (Phi) is 10.4. The van der Waals surface area contributed by atoms with Gasteiger partial charge < -0.3 is 15.4 Å². The quantitative estimate of drug-likeness (QED) is 0.361. The van der Waals surface area contributed by atoms with E-state index in [4.69, 9.17) is 4.74 Å². The molecule has 0 bridgehead atoms. The smallest absolute Gasteiger partial charge is 0.258 e. The van der Waals surface area contributed by atoms with E-state index in [2.05, 4.69) is 37.9 Å². The molecule has 9 nitrogen and oxygen atoms in total. The number of allylic oxidation sites excluding steroid dienone is 3. The first kappa shape index (κ1) is 24.5. The Morgan fingerprint density at radius 1 is 1.34 bits per heavy atom. The van der Waals surface area contributed by atoms with Crippen molar-refractivity contribution in [1.82, 2.24) is 15.8 Å². The highest BCUT2D eigenvalue weighted by Gasteiger charge is 2.13. The van der Waals surface area contributed by atoms with Gasteiger partial charge in [-0.1, -0.05) is 18.2 Å². The molecule has 1 amide bonds. The first-order valence-electron chi connectivity index (χ1n) is 10.3. The molecule has 0 atom stereocenters. The number of hydrazone groups is 1. The van der Waals surface area contributed by atoms with Crippen LogP contribution in [-0.2, 0) is 9.53 Å². The van der Waals surface area contributed by atoms with Gasteiger partial charge in [0.25, 0.3) is 5.91 Å². The number of carbonyl (C=O) groups is 1. The number of nitrogens with one attached hydrogen (secondary N) is 3. The molecule has 0 unspecified atom stereocenters. The molecule has 1 aliphatic rings. The molecule has 0 fully saturated rings. The molecule has 0 saturated carbocycles. The minimum absolute atomic E-state index is 0.313. The molecule has 0 spiro atoms. The second-order valence-electron chi connectivity index (χ2n) is 6.78. The van der Waals surface area contributed by atoms with Crippen molar-refractivity contribution in [2.24, 2.45) is 15.1 Å². The summed E-state index contributed by atoms with van der Waals surface area (Å²) >= 11 is 0. The lowest BCUT2D eigenvalue weighted by Gasteiger charge is -2.18. The van der Waals surface area contributed by atoms with E-state index in [1.807, 2.05) is 44.2 Å². The van der Waals surface area contributed by atoms with Gasteiger partial charge in [0.15, 0.2) is 5.84 Å². The van der Waals surface area contributed by atoms with Gasteiger partial charge in [0, 0.05) is 19.8 Å². The highest BCUT2D eigenvalue weighted by atomic mass is 16.5. The number of amidine groups is 1. The SMILES string of the molecule is C=Nc1ccccc1NN(C)/N=C(\C=C\C)NC(=O)/C1=C(C)/C=C/NCCOCCN=C1. The van der Waals surface area contributed by atoms with Gasteiger partial charge in [-0.3, -0.25) is 20.2 Å². The molecular weight excluding hydrogens is 406 g/mol. The Morgan fingerprint density at radius 3 is 2.94 bits per heavy atom. The normalized spacial score (nSPS) is 18.8. The minimum Gasteiger partial charge on any atom is -0.389 e. The van der Waals surface area contributed by atoms with Gasteiger partial charge in [-0.25, -0.2) is 5.12 Å². The van der Waals surface area contributed by atoms with Gasteiger partial charge >= 0.3 is 0 Å². The van der Waals surface area contributed by atoms with Gasteiger partial charge in [-0.15, -0.1) is 5.10 Å². The highest BCUT2D eigenvalue weighted by Crippen LogP contribution is 2.23. The van der Waals surface area contributed by atoms with Crippen LogP contribution in [0.1, 0.15) is 13.8 Å². The van der Waals surface area contributed by atoms with Crippen LogP contribution >= 0.6 is 0 Å². The number of benzene rings is 1. The van der Waals surface area contributed by atoms with Crippen LogP contribution in [-0.4, -0.2) is 63.1 Å². The van der Waals surface area contributed by atoms with Gasteiger partial charge in [-0.2, -0.15) is 0 Å². The van der Waals surface area contributed by atoms with E-state index in [1.165, 1.54) is 5.12 Å². The Balaban J connectivity index is 2.20. The second-order valence-corrected chi connectivity index (χ2v) is 6.78. The first-order chi connectivity index (χ1) is 15.5. The summed E-state index contributed by atoms with van der Waals surface area (Å²) in [6, 6.07) is 7.46. The fourth-order valence-electron chi connectivity index (χ4n) is 2.71. The number of ether oxygens (including phenoxy) is 1. The molecule has 1 aromatic carbocycles. The van der Waals surface area contributed by atoms with E-state index < -0.39 is 0 Å². The van der Waals surface area contributed by atoms with Crippen molar-refractivity contribution < 1.29 is 9.53 Å². The van der Waals surface area contributed by atoms with Crippen LogP contribution < -0.4 is 16.1 Å². The van der Waals surface area contributed by atoms with Crippen molar-refractivity contribution in [3.63, 3.8) is 0 Å². The molecule has 0 radical (unpaired) electrons. The summed E-state index contributed by atoms with van der Waals surface area (Å²) in [6.45, 7) is 9.56. The van der Waals surface area contributed by atoms with Crippen LogP contribution in [0.3, 0.4) is 0 Å². The van der Waals surface area contributed by atoms with Crippen LogP contribution in [0.25, 0.3) is 0 Å². The lowest BCUT2D eigenvalue weighted by molar-refractivity contribution is -0.115. The Labute approximate surface area is 189 Å². The minimum atomic E-state index is -0.313. The number of amides is 1. The van der Waals surface area contributed by atoms with Crippen molar-refractivity contribution in [1.29, 1.82) is 0 Å². The van der Waals surface area contributed by atoms with Crippen LogP contribution in [0.2, 0.25) is 0 Å². The number of carbonyl (C=O) groups excluding carboxylic acids is 1. The van der Waals surface area contributed by atoms with E-state index in [-0.39, 0.29) is 5.91 Å². The molecular formula is C23H31N7O2. The molecule has 0 aromatic heterocycles. The third-order valence-electron chi connectivity index (χ3n) is 4.28. The molecule has 2 rings (SSSR count). The standard InChI is InChI=1S/C23H31N7O2/c1-5-8-22(29-30(4)28-21-10-7-6-9-20(21)24-3)27-23(31)19-17-26-14-16-32-15-13-25-12-11-18(19)2/h5-12,17,25,28H,3,13-16H2,1-2,4H3,(H,27,29,31)/b8-5+,12-11+,19-18+,26-17?. The predicted octanol–water partition coefficient (Wildman–Crippen LogP) is 2.80. The largest absolute Gasteiger partial charge is 0.389 e. The molecule has 1 heterocycles. The maximum atomic E-state index is 13.0. The van der Waals surface area contributed by atoms with Crippen LogP contribution in [0.5, 0.6) is 0 Å². The lowest BCUT2D eigenvalue weighted by atomic mass is 10.1. The maximum absolute atomic E-state index is 13.0. The van der Waals surface area contributed by atoms with Crippen molar-refractivity contribution in [3.8, 4) is 0 Å². The average Bonchev–Trinajstić information content (AvgIpc) is 2.76. The summed E-state index contributed by atoms with van der Waals surface area (Å²) in [4.78, 5) is 21.3. The van der Waals surface area contributed by atoms with E-state index in [0.717, 1.165) is 11.3 Å². The molecule has 0 aliphatic carbocycles. The second kappa shape index (κ2) is 13.6. The third-order valence-corrected chi connectivity index (χ3v) is 4.28. The monoisotopic (exact) mass is 437 g/mol. The van der Waals surface area contributed by atoms with Crippen molar-refractivity contribution in [2.45, 2.75) is 13.8 Å². The zero-order valence-electron chi connectivity index (χ0n) is 18.8. The number of aliphatic imine (C=N–C) groups is 2. The van der Waals surface area contributed by atoms with Crippen LogP contribution in [0.15, 0.2) is 74.9 Å². The molecule has 32 heavy (non-hydrogen) atoms. The van der Waals surface area contributed by atoms with Crippen molar-refractivity contribution >= 4 is 36.0 Å². The summed E-state index contributed by atoms with van der Waals surface area (Å²) in [5.74, 6) is 0.0501. The van der Waals surface area contributed by atoms with E-state index in [9.17, 15) is 4.79 Å². The van der Waals surface area contributed by atoms with Crippen molar-refractivity contribution in [3.05, 3.63) is 59.8 Å². The molecule has 0 saturated heterocycles. The van der Waals surface area contributed by atoms with Crippen LogP contribution in [0, 0.1) is 0 Å². The lowest BCUT2D eigenvalue weighted by Crippen LogP contribution is -2.34. The number of nitrogens with zero attached hydrogens (tertiary/aromatic N) is 4.